The summed E-state index contributed by atoms with van der Waals surface area (Å²) in [6.07, 6.45) is 1.66. The number of amides is 1. The lowest BCUT2D eigenvalue weighted by Crippen LogP contribution is -2.64. The van der Waals surface area contributed by atoms with Gasteiger partial charge in [0.15, 0.2) is 6.61 Å². The number of nitrogens with zero attached hydrogens (tertiary/aromatic N) is 1. The standard InChI is InChI=1S/C14H18BrNO3/c1-2-6-14(18)9-16(10-14)13(17)8-19-12-5-3-4-11(15)7-12/h3-5,7,18H,2,6,8-10H2,1H3. The van der Waals surface area contributed by atoms with Gasteiger partial charge in [0.25, 0.3) is 5.91 Å². The molecule has 0 unspecified atom stereocenters. The molecule has 2 rings (SSSR count). The van der Waals surface area contributed by atoms with Gasteiger partial charge in [-0.05, 0) is 24.6 Å². The first-order valence-electron chi connectivity index (χ1n) is 6.41. The molecular formula is C14H18BrNO3. The Kier molecular flexibility index (Phi) is 4.47. The Morgan fingerprint density at radius 2 is 2.26 bits per heavy atom. The lowest BCUT2D eigenvalue weighted by molar-refractivity contribution is -0.158. The molecular weight excluding hydrogens is 310 g/mol. The van der Waals surface area contributed by atoms with Crippen LogP contribution in [0.4, 0.5) is 0 Å². The van der Waals surface area contributed by atoms with E-state index in [0.717, 1.165) is 17.3 Å². The van der Waals surface area contributed by atoms with Crippen LogP contribution >= 0.6 is 15.9 Å². The maximum atomic E-state index is 11.9. The van der Waals surface area contributed by atoms with Gasteiger partial charge in [0.05, 0.1) is 18.7 Å². The number of carbonyl (C=O) groups is 1. The minimum Gasteiger partial charge on any atom is -0.484 e. The van der Waals surface area contributed by atoms with E-state index in [-0.39, 0.29) is 12.5 Å². The van der Waals surface area contributed by atoms with Gasteiger partial charge in [0.1, 0.15) is 5.75 Å². The van der Waals surface area contributed by atoms with Gasteiger partial charge < -0.3 is 14.7 Å². The van der Waals surface area contributed by atoms with E-state index in [9.17, 15) is 9.90 Å². The Bertz CT molecular complexity index is 458. The zero-order valence-electron chi connectivity index (χ0n) is 10.9. The number of likely N-dealkylation sites (tertiary alicyclic amines) is 1. The molecule has 1 aliphatic heterocycles. The number of β-amino-alcohol motifs (C(OH)–C–C–N with tert-alkyl or cyclic N) is 1. The molecule has 1 saturated heterocycles. The van der Waals surface area contributed by atoms with Crippen molar-refractivity contribution in [1.82, 2.24) is 4.90 Å². The van der Waals surface area contributed by atoms with Crippen molar-refractivity contribution in [2.24, 2.45) is 0 Å². The summed E-state index contributed by atoms with van der Waals surface area (Å²) in [5.41, 5.74) is -0.680. The van der Waals surface area contributed by atoms with Crippen LogP contribution in [0.2, 0.25) is 0 Å². The van der Waals surface area contributed by atoms with Gasteiger partial charge in [0, 0.05) is 4.47 Å². The summed E-state index contributed by atoms with van der Waals surface area (Å²) >= 11 is 3.35. The highest BCUT2D eigenvalue weighted by molar-refractivity contribution is 9.10. The number of ether oxygens (including phenoxy) is 1. The first-order valence-corrected chi connectivity index (χ1v) is 7.20. The van der Waals surface area contributed by atoms with Crippen molar-refractivity contribution in [2.75, 3.05) is 19.7 Å². The average Bonchev–Trinajstić information content (AvgIpc) is 2.33. The van der Waals surface area contributed by atoms with Crippen LogP contribution in [0.25, 0.3) is 0 Å². The van der Waals surface area contributed by atoms with E-state index in [2.05, 4.69) is 15.9 Å². The SMILES string of the molecule is CCCC1(O)CN(C(=O)COc2cccc(Br)c2)C1. The van der Waals surface area contributed by atoms with E-state index in [1.807, 2.05) is 31.2 Å². The third kappa shape index (κ3) is 3.70. The van der Waals surface area contributed by atoms with E-state index in [1.165, 1.54) is 0 Å². The van der Waals surface area contributed by atoms with Crippen LogP contribution in [0.5, 0.6) is 5.75 Å². The van der Waals surface area contributed by atoms with Gasteiger partial charge in [0.2, 0.25) is 0 Å². The average molecular weight is 328 g/mol. The molecule has 0 atom stereocenters. The Labute approximate surface area is 121 Å². The highest BCUT2D eigenvalue weighted by Crippen LogP contribution is 2.26. The predicted octanol–water partition coefficient (Wildman–Crippen LogP) is 2.20. The fourth-order valence-corrected chi connectivity index (χ4v) is 2.64. The minimum absolute atomic E-state index is 0.0126. The number of halogens is 1. The highest BCUT2D eigenvalue weighted by atomic mass is 79.9. The van der Waals surface area contributed by atoms with Crippen LogP contribution in [-0.4, -0.2) is 41.2 Å². The lowest BCUT2D eigenvalue weighted by atomic mass is 9.89. The molecule has 1 N–H and O–H groups in total. The topological polar surface area (TPSA) is 49.8 Å². The molecule has 1 aromatic rings. The maximum Gasteiger partial charge on any atom is 0.260 e. The lowest BCUT2D eigenvalue weighted by Gasteiger charge is -2.46. The van der Waals surface area contributed by atoms with Gasteiger partial charge in [-0.1, -0.05) is 35.3 Å². The second-order valence-electron chi connectivity index (χ2n) is 4.97. The quantitative estimate of drug-likeness (QED) is 0.902. The molecule has 5 heteroatoms. The zero-order valence-corrected chi connectivity index (χ0v) is 12.5. The smallest absolute Gasteiger partial charge is 0.260 e. The second kappa shape index (κ2) is 5.92. The van der Waals surface area contributed by atoms with Gasteiger partial charge in [-0.3, -0.25) is 4.79 Å². The largest absolute Gasteiger partial charge is 0.484 e. The molecule has 1 aromatic carbocycles. The van der Waals surface area contributed by atoms with Crippen molar-refractivity contribution in [3.8, 4) is 5.75 Å². The summed E-state index contributed by atoms with van der Waals surface area (Å²) in [5.74, 6) is 0.577. The van der Waals surface area contributed by atoms with Crippen LogP contribution < -0.4 is 4.74 Å². The second-order valence-corrected chi connectivity index (χ2v) is 5.89. The molecule has 1 amide bonds. The third-order valence-corrected chi connectivity index (χ3v) is 3.69. The van der Waals surface area contributed by atoms with Crippen LogP contribution in [0.15, 0.2) is 28.7 Å². The summed E-state index contributed by atoms with van der Waals surface area (Å²) in [6, 6.07) is 7.38. The highest BCUT2D eigenvalue weighted by Gasteiger charge is 2.42. The van der Waals surface area contributed by atoms with Crippen molar-refractivity contribution < 1.29 is 14.6 Å². The summed E-state index contributed by atoms with van der Waals surface area (Å²) < 4.78 is 6.35. The Hall–Kier alpha value is -1.07. The molecule has 104 valence electrons. The Morgan fingerprint density at radius 3 is 2.89 bits per heavy atom. The first kappa shape index (κ1) is 14.3. The van der Waals surface area contributed by atoms with Crippen LogP contribution in [-0.2, 0) is 4.79 Å². The normalized spacial score (nSPS) is 16.9. The minimum atomic E-state index is -0.680. The first-order chi connectivity index (χ1) is 9.02. The Balaban J connectivity index is 1.77. The van der Waals surface area contributed by atoms with Gasteiger partial charge in [-0.25, -0.2) is 0 Å². The number of hydrogen-bond donors (Lipinski definition) is 1. The predicted molar refractivity (Wildman–Crippen MR) is 76.1 cm³/mol. The number of carbonyl (C=O) groups excluding carboxylic acids is 1. The molecule has 0 bridgehead atoms. The van der Waals surface area contributed by atoms with Gasteiger partial charge in [-0.2, -0.15) is 0 Å². The zero-order chi connectivity index (χ0) is 13.9. The molecule has 4 nitrogen and oxygen atoms in total. The summed E-state index contributed by atoms with van der Waals surface area (Å²) in [4.78, 5) is 13.5. The summed E-state index contributed by atoms with van der Waals surface area (Å²) in [5, 5.41) is 10.0. The summed E-state index contributed by atoms with van der Waals surface area (Å²) in [7, 11) is 0. The van der Waals surface area contributed by atoms with Crippen LogP contribution in [0.3, 0.4) is 0 Å². The fraction of sp³-hybridized carbons (Fsp3) is 0.500. The van der Waals surface area contributed by atoms with E-state index in [4.69, 9.17) is 4.74 Å². The van der Waals surface area contributed by atoms with Crippen molar-refractivity contribution in [2.45, 2.75) is 25.4 Å². The third-order valence-electron chi connectivity index (χ3n) is 3.20. The van der Waals surface area contributed by atoms with E-state index >= 15 is 0 Å². The maximum absolute atomic E-state index is 11.9. The van der Waals surface area contributed by atoms with Crippen molar-refractivity contribution in [3.63, 3.8) is 0 Å². The molecule has 0 saturated carbocycles. The molecule has 0 aromatic heterocycles. The van der Waals surface area contributed by atoms with Crippen molar-refractivity contribution in [3.05, 3.63) is 28.7 Å². The summed E-state index contributed by atoms with van der Waals surface area (Å²) in [6.45, 7) is 2.88. The fourth-order valence-electron chi connectivity index (χ4n) is 2.26. The molecule has 19 heavy (non-hydrogen) atoms. The molecule has 1 heterocycles. The molecule has 0 spiro atoms. The molecule has 1 aliphatic rings. The van der Waals surface area contributed by atoms with E-state index in [0.29, 0.717) is 18.8 Å². The number of aliphatic hydroxyl groups is 1. The number of rotatable bonds is 5. The van der Waals surface area contributed by atoms with Gasteiger partial charge in [-0.15, -0.1) is 0 Å². The number of hydrogen-bond acceptors (Lipinski definition) is 3. The van der Waals surface area contributed by atoms with Crippen molar-refractivity contribution in [1.29, 1.82) is 0 Å². The molecule has 0 aliphatic carbocycles. The van der Waals surface area contributed by atoms with E-state index < -0.39 is 5.60 Å². The van der Waals surface area contributed by atoms with Crippen molar-refractivity contribution >= 4 is 21.8 Å². The molecule has 0 radical (unpaired) electrons. The van der Waals surface area contributed by atoms with E-state index in [1.54, 1.807) is 4.90 Å². The van der Waals surface area contributed by atoms with Crippen LogP contribution in [0, 0.1) is 0 Å². The molecule has 1 fully saturated rings. The van der Waals surface area contributed by atoms with Crippen LogP contribution in [0.1, 0.15) is 19.8 Å². The number of benzene rings is 1. The van der Waals surface area contributed by atoms with Gasteiger partial charge >= 0.3 is 0 Å². The monoisotopic (exact) mass is 327 g/mol. The Morgan fingerprint density at radius 1 is 1.53 bits per heavy atom.